The predicted molar refractivity (Wildman–Crippen MR) is 133 cm³/mol. The Kier molecular flexibility index (Phi) is 6.60. The van der Waals surface area contributed by atoms with Crippen LogP contribution < -0.4 is 20.3 Å². The van der Waals surface area contributed by atoms with Crippen molar-refractivity contribution in [2.45, 2.75) is 13.8 Å². The number of imide groups is 1. The molecule has 174 valence electrons. The van der Waals surface area contributed by atoms with Crippen molar-refractivity contribution in [2.24, 2.45) is 0 Å². The molecule has 3 aromatic rings. The van der Waals surface area contributed by atoms with Crippen LogP contribution in [0.4, 0.5) is 17.1 Å². The summed E-state index contributed by atoms with van der Waals surface area (Å²) in [6.07, 6.45) is 0. The summed E-state index contributed by atoms with van der Waals surface area (Å²) in [6, 6.07) is 22.0. The minimum atomic E-state index is -0.519. The first kappa shape index (κ1) is 23.3. The van der Waals surface area contributed by atoms with Gasteiger partial charge in [-0.05, 0) is 73.2 Å². The van der Waals surface area contributed by atoms with E-state index in [9.17, 15) is 14.4 Å². The highest BCUT2D eigenvalue weighted by Gasteiger charge is 2.40. The molecule has 0 bridgehead atoms. The standard InChI is InChI=1S/C27H22N4O4/c1-3-35-23-14-6-19(7-15-23)24-25(30-21-10-8-20(9-11-21)29-17(2)32)27(34)31(26(24)33)22-12-4-18(16-28)5-13-22/h4-15,30H,3H2,1-2H3,(H,29,32). The Morgan fingerprint density at radius 1 is 0.914 bits per heavy atom. The molecule has 0 unspecified atom stereocenters. The van der Waals surface area contributed by atoms with Gasteiger partial charge < -0.3 is 15.4 Å². The summed E-state index contributed by atoms with van der Waals surface area (Å²) in [5.41, 5.74) is 2.85. The minimum Gasteiger partial charge on any atom is -0.494 e. The molecule has 3 amide bonds. The van der Waals surface area contributed by atoms with E-state index in [4.69, 9.17) is 10.00 Å². The summed E-state index contributed by atoms with van der Waals surface area (Å²) in [5, 5.41) is 14.8. The normalized spacial score (nSPS) is 13.0. The van der Waals surface area contributed by atoms with E-state index in [1.54, 1.807) is 72.8 Å². The van der Waals surface area contributed by atoms with Crippen LogP contribution >= 0.6 is 0 Å². The first-order chi connectivity index (χ1) is 16.9. The van der Waals surface area contributed by atoms with Gasteiger partial charge in [-0.15, -0.1) is 0 Å². The number of hydrogen-bond donors (Lipinski definition) is 2. The Labute approximate surface area is 202 Å². The second-order valence-corrected chi connectivity index (χ2v) is 7.70. The van der Waals surface area contributed by atoms with E-state index in [2.05, 4.69) is 10.6 Å². The zero-order chi connectivity index (χ0) is 24.9. The van der Waals surface area contributed by atoms with E-state index in [1.807, 2.05) is 13.0 Å². The molecule has 0 saturated heterocycles. The summed E-state index contributed by atoms with van der Waals surface area (Å²) in [7, 11) is 0. The number of amides is 3. The SMILES string of the molecule is CCOc1ccc(C2=C(Nc3ccc(NC(C)=O)cc3)C(=O)N(c3ccc(C#N)cc3)C2=O)cc1. The minimum absolute atomic E-state index is 0.121. The lowest BCUT2D eigenvalue weighted by Crippen LogP contribution is -2.32. The van der Waals surface area contributed by atoms with Gasteiger partial charge in [-0.2, -0.15) is 5.26 Å². The number of anilines is 3. The number of nitrogens with one attached hydrogen (secondary N) is 2. The number of ether oxygens (including phenoxy) is 1. The van der Waals surface area contributed by atoms with Crippen LogP contribution in [0.3, 0.4) is 0 Å². The van der Waals surface area contributed by atoms with Crippen molar-refractivity contribution in [3.63, 3.8) is 0 Å². The van der Waals surface area contributed by atoms with E-state index < -0.39 is 11.8 Å². The van der Waals surface area contributed by atoms with Crippen molar-refractivity contribution in [2.75, 3.05) is 22.1 Å². The van der Waals surface area contributed by atoms with Crippen molar-refractivity contribution in [1.82, 2.24) is 0 Å². The number of carbonyl (C=O) groups excluding carboxylic acids is 3. The van der Waals surface area contributed by atoms with Gasteiger partial charge in [0, 0.05) is 18.3 Å². The Morgan fingerprint density at radius 3 is 2.11 bits per heavy atom. The molecule has 0 radical (unpaired) electrons. The zero-order valence-corrected chi connectivity index (χ0v) is 19.2. The van der Waals surface area contributed by atoms with Crippen LogP contribution in [0.2, 0.25) is 0 Å². The predicted octanol–water partition coefficient (Wildman–Crippen LogP) is 4.31. The molecular weight excluding hydrogens is 444 g/mol. The van der Waals surface area contributed by atoms with E-state index >= 15 is 0 Å². The van der Waals surface area contributed by atoms with Gasteiger partial charge in [0.05, 0.1) is 29.5 Å². The van der Waals surface area contributed by atoms with Gasteiger partial charge in [0.1, 0.15) is 11.4 Å². The van der Waals surface area contributed by atoms with Gasteiger partial charge >= 0.3 is 0 Å². The lowest BCUT2D eigenvalue weighted by molar-refractivity contribution is -0.120. The van der Waals surface area contributed by atoms with E-state index in [0.29, 0.717) is 40.5 Å². The second-order valence-electron chi connectivity index (χ2n) is 7.70. The maximum atomic E-state index is 13.5. The first-order valence-electron chi connectivity index (χ1n) is 10.9. The molecule has 1 heterocycles. The van der Waals surface area contributed by atoms with Gasteiger partial charge in [0.2, 0.25) is 5.91 Å². The molecule has 1 aliphatic rings. The zero-order valence-electron chi connectivity index (χ0n) is 19.2. The van der Waals surface area contributed by atoms with Crippen LogP contribution in [0.15, 0.2) is 78.5 Å². The fraction of sp³-hybridized carbons (Fsp3) is 0.111. The maximum Gasteiger partial charge on any atom is 0.282 e. The van der Waals surface area contributed by atoms with Gasteiger partial charge in [-0.3, -0.25) is 14.4 Å². The Balaban J connectivity index is 1.73. The van der Waals surface area contributed by atoms with Gasteiger partial charge in [-0.1, -0.05) is 12.1 Å². The monoisotopic (exact) mass is 466 g/mol. The molecule has 0 aliphatic carbocycles. The third-order valence-electron chi connectivity index (χ3n) is 5.27. The lowest BCUT2D eigenvalue weighted by atomic mass is 10.0. The highest BCUT2D eigenvalue weighted by molar-refractivity contribution is 6.46. The number of nitrogens with zero attached hydrogens (tertiary/aromatic N) is 2. The fourth-order valence-corrected chi connectivity index (χ4v) is 3.70. The molecule has 4 rings (SSSR count). The molecule has 1 aliphatic heterocycles. The Hall–Kier alpha value is -4.90. The summed E-state index contributed by atoms with van der Waals surface area (Å²) < 4.78 is 5.49. The third kappa shape index (κ3) is 4.89. The molecule has 35 heavy (non-hydrogen) atoms. The fourth-order valence-electron chi connectivity index (χ4n) is 3.70. The second kappa shape index (κ2) is 9.93. The number of benzene rings is 3. The van der Waals surface area contributed by atoms with Gasteiger partial charge in [0.15, 0.2) is 0 Å². The molecule has 2 N–H and O–H groups in total. The Morgan fingerprint density at radius 2 is 1.54 bits per heavy atom. The number of hydrogen-bond acceptors (Lipinski definition) is 6. The molecule has 0 aromatic heterocycles. The van der Waals surface area contributed by atoms with Crippen molar-refractivity contribution in [1.29, 1.82) is 5.26 Å². The number of carbonyl (C=O) groups is 3. The summed E-state index contributed by atoms with van der Waals surface area (Å²) >= 11 is 0. The Bertz CT molecular complexity index is 1350. The summed E-state index contributed by atoms with van der Waals surface area (Å²) in [4.78, 5) is 39.4. The van der Waals surface area contributed by atoms with E-state index in [0.717, 1.165) is 4.90 Å². The van der Waals surface area contributed by atoms with Crippen molar-refractivity contribution in [3.05, 3.63) is 89.6 Å². The highest BCUT2D eigenvalue weighted by Crippen LogP contribution is 2.34. The van der Waals surface area contributed by atoms with Crippen LogP contribution in [0.1, 0.15) is 25.0 Å². The molecule has 8 nitrogen and oxygen atoms in total. The van der Waals surface area contributed by atoms with Crippen LogP contribution in [0, 0.1) is 11.3 Å². The number of rotatable bonds is 7. The van der Waals surface area contributed by atoms with Crippen molar-refractivity contribution in [3.8, 4) is 11.8 Å². The average molecular weight is 466 g/mol. The molecule has 0 fully saturated rings. The quantitative estimate of drug-likeness (QED) is 0.502. The first-order valence-corrected chi connectivity index (χ1v) is 10.9. The summed E-state index contributed by atoms with van der Waals surface area (Å²) in [6.45, 7) is 3.80. The molecular formula is C27H22N4O4. The van der Waals surface area contributed by atoms with Crippen LogP contribution in [0.25, 0.3) is 5.57 Å². The van der Waals surface area contributed by atoms with Crippen molar-refractivity contribution < 1.29 is 19.1 Å². The van der Waals surface area contributed by atoms with Crippen LogP contribution in [-0.2, 0) is 14.4 Å². The third-order valence-corrected chi connectivity index (χ3v) is 5.27. The van der Waals surface area contributed by atoms with Crippen LogP contribution in [0.5, 0.6) is 5.75 Å². The topological polar surface area (TPSA) is 112 Å². The van der Waals surface area contributed by atoms with Gasteiger partial charge in [0.25, 0.3) is 11.8 Å². The molecule has 0 saturated carbocycles. The number of nitriles is 1. The largest absolute Gasteiger partial charge is 0.494 e. The smallest absolute Gasteiger partial charge is 0.282 e. The highest BCUT2D eigenvalue weighted by atomic mass is 16.5. The average Bonchev–Trinajstić information content (AvgIpc) is 3.10. The molecule has 0 spiro atoms. The molecule has 8 heteroatoms. The van der Waals surface area contributed by atoms with Crippen LogP contribution in [-0.4, -0.2) is 24.3 Å². The lowest BCUT2D eigenvalue weighted by Gasteiger charge is -2.15. The molecule has 3 aromatic carbocycles. The molecule has 0 atom stereocenters. The maximum absolute atomic E-state index is 13.5. The van der Waals surface area contributed by atoms with Gasteiger partial charge in [-0.25, -0.2) is 4.90 Å². The van der Waals surface area contributed by atoms with E-state index in [-0.39, 0.29) is 17.2 Å². The summed E-state index contributed by atoms with van der Waals surface area (Å²) in [5.74, 6) is -0.544. The van der Waals surface area contributed by atoms with E-state index in [1.165, 1.54) is 6.92 Å². The van der Waals surface area contributed by atoms with Crippen molar-refractivity contribution >= 4 is 40.4 Å².